The minimum atomic E-state index is -0.539. The summed E-state index contributed by atoms with van der Waals surface area (Å²) in [5.41, 5.74) is 13.1. The Balaban J connectivity index is 2.34. The van der Waals surface area contributed by atoms with E-state index in [1.807, 2.05) is 6.92 Å². The normalized spacial score (nSPS) is 12.9. The van der Waals surface area contributed by atoms with Gasteiger partial charge in [-0.3, -0.25) is 4.79 Å². The van der Waals surface area contributed by atoms with Crippen molar-refractivity contribution in [2.75, 3.05) is 20.8 Å². The third kappa shape index (κ3) is 8.15. The van der Waals surface area contributed by atoms with Crippen molar-refractivity contribution in [2.45, 2.75) is 13.0 Å². The van der Waals surface area contributed by atoms with Crippen LogP contribution in [-0.4, -0.2) is 44.8 Å². The highest BCUT2D eigenvalue weighted by atomic mass is 16.5. The maximum atomic E-state index is 12.7. The van der Waals surface area contributed by atoms with E-state index in [1.165, 1.54) is 12.2 Å². The molecule has 0 bridgehead atoms. The number of benzene rings is 2. The number of carbonyl (C=O) groups is 1. The minimum absolute atomic E-state index is 0.0575. The van der Waals surface area contributed by atoms with Gasteiger partial charge in [-0.15, -0.1) is 0 Å². The van der Waals surface area contributed by atoms with Crippen molar-refractivity contribution in [2.24, 2.45) is 16.5 Å². The zero-order chi connectivity index (χ0) is 24.2. The van der Waals surface area contributed by atoms with Gasteiger partial charge in [-0.25, -0.2) is 0 Å². The van der Waals surface area contributed by atoms with Gasteiger partial charge in [-0.1, -0.05) is 0 Å². The number of allylic oxidation sites excluding steroid dienone is 1. The van der Waals surface area contributed by atoms with Crippen LogP contribution in [0.2, 0.25) is 0 Å². The van der Waals surface area contributed by atoms with Crippen molar-refractivity contribution in [1.29, 1.82) is 5.41 Å². The number of ether oxygens (including phenoxy) is 3. The Morgan fingerprint density at radius 3 is 2.45 bits per heavy atom. The van der Waals surface area contributed by atoms with E-state index < -0.39 is 5.91 Å². The number of aliphatic imine (C=N–C) groups is 1. The average molecular weight is 452 g/mol. The zero-order valence-electron chi connectivity index (χ0n) is 18.9. The molecule has 174 valence electrons. The molecule has 0 fully saturated rings. The third-order valence-electron chi connectivity index (χ3n) is 4.20. The van der Waals surface area contributed by atoms with Gasteiger partial charge < -0.3 is 36.4 Å². The van der Waals surface area contributed by atoms with Crippen LogP contribution in [-0.2, 0) is 4.74 Å². The van der Waals surface area contributed by atoms with Crippen LogP contribution >= 0.6 is 0 Å². The van der Waals surface area contributed by atoms with Crippen LogP contribution in [0.15, 0.2) is 65.8 Å². The van der Waals surface area contributed by atoms with Crippen LogP contribution in [0.5, 0.6) is 17.2 Å². The number of hydrogen-bond donors (Lipinski definition) is 4. The third-order valence-corrected chi connectivity index (χ3v) is 4.20. The molecule has 2 aromatic rings. The minimum Gasteiger partial charge on any atom is -0.488 e. The number of hydrogen-bond acceptors (Lipinski definition) is 7. The fourth-order valence-electron chi connectivity index (χ4n) is 2.75. The smallest absolute Gasteiger partial charge is 0.279 e. The van der Waals surface area contributed by atoms with Crippen molar-refractivity contribution in [1.82, 2.24) is 5.32 Å². The maximum Gasteiger partial charge on any atom is 0.279 e. The van der Waals surface area contributed by atoms with Gasteiger partial charge in [0.05, 0.1) is 6.61 Å². The maximum absolute atomic E-state index is 12.7. The molecule has 0 aliphatic heterocycles. The number of methoxy groups -OCH3 is 1. The van der Waals surface area contributed by atoms with Gasteiger partial charge in [-0.05, 0) is 67.2 Å². The molecule has 0 aliphatic rings. The molecule has 2 aromatic carbocycles. The summed E-state index contributed by atoms with van der Waals surface area (Å²) in [4.78, 5) is 16.6. The Labute approximate surface area is 193 Å². The summed E-state index contributed by atoms with van der Waals surface area (Å²) in [6.07, 6.45) is 5.42. The molecule has 0 radical (unpaired) electrons. The molecule has 0 heterocycles. The Kier molecular flexibility index (Phi) is 9.66. The van der Waals surface area contributed by atoms with Crippen LogP contribution in [0.4, 0.5) is 0 Å². The summed E-state index contributed by atoms with van der Waals surface area (Å²) in [6, 6.07) is 11.8. The standard InChI is InChI=1S/C24H29N5O4/c1-16(15-31-3)32-20-12-18(24(30)29-23(27)9-11-28-2)13-21(14-20)33-19-6-4-17(5-7-19)22(26)8-10-25/h4-14,16,25,28H,15,26H2,1-3H3,(H2,27,29,30)/b11-9-,22-8?,25-10?/t16-/m0/s1. The Bertz CT molecular complexity index is 1050. The fourth-order valence-corrected chi connectivity index (χ4v) is 2.75. The molecular formula is C24H29N5O4. The second kappa shape index (κ2) is 12.7. The summed E-state index contributed by atoms with van der Waals surface area (Å²) in [5.74, 6) is 0.859. The van der Waals surface area contributed by atoms with Gasteiger partial charge in [0.15, 0.2) is 0 Å². The Hall–Kier alpha value is -4.11. The Morgan fingerprint density at radius 1 is 1.12 bits per heavy atom. The molecule has 6 N–H and O–H groups in total. The molecule has 9 nitrogen and oxygen atoms in total. The van der Waals surface area contributed by atoms with Gasteiger partial charge in [0, 0.05) is 37.7 Å². The lowest BCUT2D eigenvalue weighted by Crippen LogP contribution is -2.18. The van der Waals surface area contributed by atoms with Crippen LogP contribution in [0.3, 0.4) is 0 Å². The van der Waals surface area contributed by atoms with Crippen LogP contribution in [0.25, 0.3) is 5.70 Å². The van der Waals surface area contributed by atoms with Gasteiger partial charge in [-0.2, -0.15) is 4.99 Å². The highest BCUT2D eigenvalue weighted by molar-refractivity contribution is 6.06. The highest BCUT2D eigenvalue weighted by Crippen LogP contribution is 2.29. The monoisotopic (exact) mass is 451 g/mol. The Morgan fingerprint density at radius 2 is 1.82 bits per heavy atom. The van der Waals surface area contributed by atoms with Gasteiger partial charge in [0.2, 0.25) is 0 Å². The molecule has 0 unspecified atom stereocenters. The van der Waals surface area contributed by atoms with E-state index in [9.17, 15) is 4.79 Å². The van der Waals surface area contributed by atoms with Gasteiger partial charge in [0.25, 0.3) is 5.91 Å². The SMILES string of the molecule is CN/C=C\C(N)=NC(=O)c1cc(Oc2ccc(C(N)=CC=N)cc2)cc(O[C@@H](C)COC)c1. The first-order valence-corrected chi connectivity index (χ1v) is 10.1. The quantitative estimate of drug-likeness (QED) is 0.303. The molecule has 0 spiro atoms. The van der Waals surface area contributed by atoms with Crippen molar-refractivity contribution < 1.29 is 19.0 Å². The van der Waals surface area contributed by atoms with Crippen LogP contribution < -0.4 is 26.3 Å². The lowest BCUT2D eigenvalue weighted by molar-refractivity contribution is 0.0915. The summed E-state index contributed by atoms with van der Waals surface area (Å²) >= 11 is 0. The van der Waals surface area contributed by atoms with Gasteiger partial charge in [0.1, 0.15) is 29.2 Å². The molecule has 0 aromatic heterocycles. The first-order valence-electron chi connectivity index (χ1n) is 10.1. The molecule has 0 saturated carbocycles. The highest BCUT2D eigenvalue weighted by Gasteiger charge is 2.13. The van der Waals surface area contributed by atoms with E-state index in [1.54, 1.807) is 62.8 Å². The predicted octanol–water partition coefficient (Wildman–Crippen LogP) is 3.07. The fraction of sp³-hybridized carbons (Fsp3) is 0.208. The molecule has 1 amide bonds. The average Bonchev–Trinajstić information content (AvgIpc) is 2.78. The molecule has 9 heteroatoms. The predicted molar refractivity (Wildman–Crippen MR) is 130 cm³/mol. The lowest BCUT2D eigenvalue weighted by Gasteiger charge is -2.16. The second-order valence-corrected chi connectivity index (χ2v) is 6.96. The first-order chi connectivity index (χ1) is 15.9. The van der Waals surface area contributed by atoms with Crippen LogP contribution in [0, 0.1) is 5.41 Å². The lowest BCUT2D eigenvalue weighted by atomic mass is 10.1. The number of nitrogens with one attached hydrogen (secondary N) is 2. The van der Waals surface area contributed by atoms with E-state index >= 15 is 0 Å². The zero-order valence-corrected chi connectivity index (χ0v) is 18.9. The van der Waals surface area contributed by atoms with Gasteiger partial charge >= 0.3 is 0 Å². The summed E-state index contributed by atoms with van der Waals surface area (Å²) in [7, 11) is 3.29. The van der Waals surface area contributed by atoms with Crippen molar-refractivity contribution in [3.63, 3.8) is 0 Å². The number of nitrogens with zero attached hydrogens (tertiary/aromatic N) is 1. The number of rotatable bonds is 11. The summed E-state index contributed by atoms with van der Waals surface area (Å²) < 4.78 is 16.9. The first kappa shape index (κ1) is 25.2. The molecular weight excluding hydrogens is 422 g/mol. The molecule has 0 aliphatic carbocycles. The largest absolute Gasteiger partial charge is 0.488 e. The number of amidine groups is 1. The molecule has 2 rings (SSSR count). The molecule has 0 saturated heterocycles. The van der Waals surface area contributed by atoms with Crippen LogP contribution in [0.1, 0.15) is 22.8 Å². The van der Waals surface area contributed by atoms with E-state index in [2.05, 4.69) is 10.3 Å². The van der Waals surface area contributed by atoms with E-state index in [0.717, 1.165) is 11.8 Å². The second-order valence-electron chi connectivity index (χ2n) is 6.96. The number of amides is 1. The van der Waals surface area contributed by atoms with Crippen molar-refractivity contribution >= 4 is 23.7 Å². The van der Waals surface area contributed by atoms with Crippen molar-refractivity contribution in [3.05, 3.63) is 71.9 Å². The molecule has 33 heavy (non-hydrogen) atoms. The summed E-state index contributed by atoms with van der Waals surface area (Å²) in [5, 5.41) is 9.90. The van der Waals surface area contributed by atoms with Crippen molar-refractivity contribution in [3.8, 4) is 17.2 Å². The van der Waals surface area contributed by atoms with E-state index in [-0.39, 0.29) is 17.5 Å². The molecule has 1 atom stereocenters. The van der Waals surface area contributed by atoms with E-state index in [0.29, 0.717) is 29.6 Å². The topological polar surface area (TPSA) is 145 Å². The summed E-state index contributed by atoms with van der Waals surface area (Å²) in [6.45, 7) is 2.22. The number of nitrogens with two attached hydrogens (primary N) is 2. The van der Waals surface area contributed by atoms with E-state index in [4.69, 9.17) is 31.1 Å². The number of carbonyl (C=O) groups excluding carboxylic acids is 1.